The third-order valence-electron chi connectivity index (χ3n) is 8.38. The Morgan fingerprint density at radius 2 is 1.43 bits per heavy atom. The van der Waals surface area contributed by atoms with Gasteiger partial charge < -0.3 is 19.0 Å². The molecule has 3 atom stereocenters. The summed E-state index contributed by atoms with van der Waals surface area (Å²) in [4.78, 5) is 0. The standard InChI is InChI=1S/C33H50O4S2Si/c1-31(2,3)40(27-15-10-8-11-16-27,28-17-12-9-13-18-28)35-20-19-25-23-26(37-33(6,7)36-25)24-29(34)32(4,5)30-38-21-14-22-39-30/h8-13,15-18,25-26,29-30,34H,14,19-24H2,1-7H3/t25-,26-,29+/m1/s1. The molecule has 2 fully saturated rings. The third-order valence-corrected chi connectivity index (χ3v) is 17.1. The van der Waals surface area contributed by atoms with E-state index < -0.39 is 20.2 Å². The minimum atomic E-state index is -2.59. The van der Waals surface area contributed by atoms with Gasteiger partial charge >= 0.3 is 0 Å². The summed E-state index contributed by atoms with van der Waals surface area (Å²) in [5.74, 6) is 1.67. The second kappa shape index (κ2) is 13.2. The monoisotopic (exact) mass is 602 g/mol. The maximum absolute atomic E-state index is 11.4. The van der Waals surface area contributed by atoms with E-state index >= 15 is 0 Å². The highest BCUT2D eigenvalue weighted by Crippen LogP contribution is 2.46. The van der Waals surface area contributed by atoms with Crippen LogP contribution in [-0.4, -0.2) is 60.2 Å². The van der Waals surface area contributed by atoms with Gasteiger partial charge in [0.05, 0.1) is 22.9 Å². The normalized spacial score (nSPS) is 23.6. The van der Waals surface area contributed by atoms with E-state index in [-0.39, 0.29) is 22.7 Å². The van der Waals surface area contributed by atoms with E-state index in [0.717, 1.165) is 12.8 Å². The van der Waals surface area contributed by atoms with Crippen molar-refractivity contribution >= 4 is 42.2 Å². The maximum Gasteiger partial charge on any atom is 0.261 e. The lowest BCUT2D eigenvalue weighted by molar-refractivity contribution is -0.305. The lowest BCUT2D eigenvalue weighted by Gasteiger charge is -2.45. The predicted molar refractivity (Wildman–Crippen MR) is 174 cm³/mol. The largest absolute Gasteiger partial charge is 0.407 e. The summed E-state index contributed by atoms with van der Waals surface area (Å²) in [5, 5.41) is 13.9. The Morgan fingerprint density at radius 3 is 1.95 bits per heavy atom. The highest BCUT2D eigenvalue weighted by molar-refractivity contribution is 8.17. The van der Waals surface area contributed by atoms with Crippen LogP contribution in [0.15, 0.2) is 60.7 Å². The Bertz CT molecular complexity index is 1010. The van der Waals surface area contributed by atoms with Crippen LogP contribution in [-0.2, 0) is 13.9 Å². The van der Waals surface area contributed by atoms with Crippen LogP contribution in [0.1, 0.15) is 74.1 Å². The van der Waals surface area contributed by atoms with Crippen molar-refractivity contribution in [3.63, 3.8) is 0 Å². The number of hydrogen-bond donors (Lipinski definition) is 1. The lowest BCUT2D eigenvalue weighted by Crippen LogP contribution is -2.66. The molecule has 0 saturated carbocycles. The van der Waals surface area contributed by atoms with Crippen molar-refractivity contribution in [1.29, 1.82) is 0 Å². The van der Waals surface area contributed by atoms with Crippen molar-refractivity contribution in [1.82, 2.24) is 0 Å². The summed E-state index contributed by atoms with van der Waals surface area (Å²) in [7, 11) is -2.59. The van der Waals surface area contributed by atoms with Gasteiger partial charge in [0.25, 0.3) is 8.32 Å². The molecule has 2 aromatic rings. The zero-order valence-electron chi connectivity index (χ0n) is 25.5. The second-order valence-corrected chi connectivity index (χ2v) is 20.4. The summed E-state index contributed by atoms with van der Waals surface area (Å²) in [6.45, 7) is 16.0. The van der Waals surface area contributed by atoms with Crippen molar-refractivity contribution in [3.8, 4) is 0 Å². The van der Waals surface area contributed by atoms with Gasteiger partial charge in [0.1, 0.15) is 0 Å². The van der Waals surface area contributed by atoms with Gasteiger partial charge in [-0.15, -0.1) is 23.5 Å². The van der Waals surface area contributed by atoms with Crippen molar-refractivity contribution < 1.29 is 19.0 Å². The number of hydrogen-bond acceptors (Lipinski definition) is 6. The molecule has 0 amide bonds. The molecule has 222 valence electrons. The van der Waals surface area contributed by atoms with Crippen LogP contribution in [0, 0.1) is 5.41 Å². The summed E-state index contributed by atoms with van der Waals surface area (Å²) in [5.41, 5.74) is -0.177. The Kier molecular flexibility index (Phi) is 10.6. The minimum Gasteiger partial charge on any atom is -0.407 e. The van der Waals surface area contributed by atoms with Crippen LogP contribution in [0.3, 0.4) is 0 Å². The topological polar surface area (TPSA) is 47.9 Å². The Hall–Kier alpha value is -0.803. The number of aliphatic hydroxyl groups is 1. The SMILES string of the molecule is CC1(C)O[C@H](CCO[Si](c2ccccc2)(c2ccccc2)C(C)(C)C)C[C@H](C[C@H](O)C(C)(C)C2SCCCS2)O1. The molecule has 2 aliphatic heterocycles. The molecule has 0 radical (unpaired) electrons. The van der Waals surface area contributed by atoms with Crippen molar-refractivity contribution in [2.24, 2.45) is 5.41 Å². The van der Waals surface area contributed by atoms with E-state index in [1.165, 1.54) is 28.3 Å². The molecule has 0 aliphatic carbocycles. The highest BCUT2D eigenvalue weighted by atomic mass is 32.2. The van der Waals surface area contributed by atoms with E-state index in [0.29, 0.717) is 17.6 Å². The lowest BCUT2D eigenvalue weighted by atomic mass is 9.84. The van der Waals surface area contributed by atoms with Gasteiger partial charge in [-0.2, -0.15) is 0 Å². The quantitative estimate of drug-likeness (QED) is 0.301. The Morgan fingerprint density at radius 1 is 0.900 bits per heavy atom. The van der Waals surface area contributed by atoms with Crippen molar-refractivity contribution in [3.05, 3.63) is 60.7 Å². The molecule has 2 aromatic carbocycles. The van der Waals surface area contributed by atoms with Crippen LogP contribution in [0.5, 0.6) is 0 Å². The molecule has 40 heavy (non-hydrogen) atoms. The molecule has 2 aliphatic rings. The van der Waals surface area contributed by atoms with E-state index in [1.54, 1.807) is 0 Å². The summed E-state index contributed by atoms with van der Waals surface area (Å²) >= 11 is 3.99. The predicted octanol–water partition coefficient (Wildman–Crippen LogP) is 6.84. The summed E-state index contributed by atoms with van der Waals surface area (Å²) < 4.78 is 20.4. The first-order valence-electron chi connectivity index (χ1n) is 14.9. The molecular formula is C33H50O4S2Si. The molecule has 0 bridgehead atoms. The van der Waals surface area contributed by atoms with Crippen LogP contribution in [0.25, 0.3) is 0 Å². The van der Waals surface area contributed by atoms with Crippen LogP contribution in [0.4, 0.5) is 0 Å². The van der Waals surface area contributed by atoms with Crippen LogP contribution >= 0.6 is 23.5 Å². The third kappa shape index (κ3) is 7.39. The number of thioether (sulfide) groups is 2. The molecule has 4 rings (SSSR count). The first kappa shape index (κ1) is 32.1. The number of benzene rings is 2. The fraction of sp³-hybridized carbons (Fsp3) is 0.636. The van der Waals surface area contributed by atoms with Gasteiger partial charge in [-0.3, -0.25) is 0 Å². The number of ether oxygens (including phenoxy) is 2. The average Bonchev–Trinajstić information content (AvgIpc) is 2.91. The van der Waals surface area contributed by atoms with Gasteiger partial charge in [0, 0.05) is 24.9 Å². The fourth-order valence-electron chi connectivity index (χ4n) is 6.27. The molecule has 0 unspecified atom stereocenters. The maximum atomic E-state index is 11.4. The van der Waals surface area contributed by atoms with E-state index in [1.807, 2.05) is 37.4 Å². The summed E-state index contributed by atoms with van der Waals surface area (Å²) in [6, 6.07) is 21.6. The van der Waals surface area contributed by atoms with Gasteiger partial charge in [-0.1, -0.05) is 95.3 Å². The average molecular weight is 603 g/mol. The molecule has 2 saturated heterocycles. The van der Waals surface area contributed by atoms with Crippen molar-refractivity contribution in [2.75, 3.05) is 18.1 Å². The first-order chi connectivity index (χ1) is 18.8. The molecule has 2 heterocycles. The summed E-state index contributed by atoms with van der Waals surface area (Å²) in [6.07, 6.45) is 2.99. The van der Waals surface area contributed by atoms with Crippen molar-refractivity contribution in [2.45, 2.75) is 108 Å². The highest BCUT2D eigenvalue weighted by Gasteiger charge is 2.50. The molecule has 4 nitrogen and oxygen atoms in total. The van der Waals surface area contributed by atoms with Gasteiger partial charge in [-0.25, -0.2) is 0 Å². The van der Waals surface area contributed by atoms with Gasteiger partial charge in [-0.05, 0) is 53.6 Å². The Labute approximate surface area is 252 Å². The van der Waals surface area contributed by atoms with Crippen LogP contribution < -0.4 is 10.4 Å². The molecule has 7 heteroatoms. The fourth-order valence-corrected chi connectivity index (χ4v) is 14.2. The second-order valence-electron chi connectivity index (χ2n) is 13.4. The first-order valence-corrected chi connectivity index (χ1v) is 18.9. The minimum absolute atomic E-state index is 0.0145. The van der Waals surface area contributed by atoms with E-state index in [9.17, 15) is 5.11 Å². The zero-order valence-corrected chi connectivity index (χ0v) is 28.2. The van der Waals surface area contributed by atoms with Crippen LogP contribution in [0.2, 0.25) is 5.04 Å². The van der Waals surface area contributed by atoms with E-state index in [2.05, 4.69) is 95.3 Å². The smallest absolute Gasteiger partial charge is 0.261 e. The Balaban J connectivity index is 1.47. The molecule has 0 aromatic heterocycles. The van der Waals surface area contributed by atoms with Gasteiger partial charge in [0.15, 0.2) is 5.79 Å². The molecular weight excluding hydrogens is 553 g/mol. The molecule has 0 spiro atoms. The van der Waals surface area contributed by atoms with Gasteiger partial charge in [0.2, 0.25) is 0 Å². The number of aliphatic hydroxyl groups excluding tert-OH is 1. The van der Waals surface area contributed by atoms with E-state index in [4.69, 9.17) is 13.9 Å². The number of rotatable bonds is 10. The zero-order chi connectivity index (χ0) is 29.0. The molecule has 1 N–H and O–H groups in total.